The molecule has 0 amide bonds. The zero-order valence-electron chi connectivity index (χ0n) is 10.6. The maximum absolute atomic E-state index is 11.9. The van der Waals surface area contributed by atoms with Crippen molar-refractivity contribution in [2.45, 2.75) is 4.90 Å². The first-order valence-corrected chi connectivity index (χ1v) is 6.93. The molecule has 1 aromatic carbocycles. The van der Waals surface area contributed by atoms with Gasteiger partial charge < -0.3 is 15.1 Å². The third-order valence-corrected chi connectivity index (χ3v) is 3.82. The molecule has 0 aromatic heterocycles. The lowest BCUT2D eigenvalue weighted by atomic mass is 10.2. The van der Waals surface area contributed by atoms with Gasteiger partial charge in [0.05, 0.1) is 4.90 Å². The third kappa shape index (κ3) is 4.19. The van der Waals surface area contributed by atoms with Crippen LogP contribution in [0.2, 0.25) is 0 Å². The average molecular weight is 288 g/mol. The van der Waals surface area contributed by atoms with E-state index in [-0.39, 0.29) is 11.4 Å². The Morgan fingerprint density at radius 2 is 2.00 bits per heavy atom. The van der Waals surface area contributed by atoms with Crippen molar-refractivity contribution in [3.8, 4) is 5.75 Å². The summed E-state index contributed by atoms with van der Waals surface area (Å²) in [5, 5.41) is 18.1. The molecule has 7 nitrogen and oxygen atoms in total. The van der Waals surface area contributed by atoms with Crippen LogP contribution in [-0.4, -0.2) is 56.7 Å². The number of phenols is 1. The monoisotopic (exact) mass is 288 g/mol. The molecule has 0 aliphatic carbocycles. The summed E-state index contributed by atoms with van der Waals surface area (Å²) < 4.78 is 26.1. The van der Waals surface area contributed by atoms with E-state index in [0.717, 1.165) is 18.2 Å². The molecular weight excluding hydrogens is 272 g/mol. The third-order valence-electron chi connectivity index (χ3n) is 2.36. The van der Waals surface area contributed by atoms with E-state index >= 15 is 0 Å². The molecule has 0 radical (unpaired) electrons. The first-order valence-electron chi connectivity index (χ1n) is 5.45. The van der Waals surface area contributed by atoms with Crippen LogP contribution in [-0.2, 0) is 10.0 Å². The van der Waals surface area contributed by atoms with E-state index in [4.69, 9.17) is 5.11 Å². The van der Waals surface area contributed by atoms with Gasteiger partial charge in [-0.2, -0.15) is 0 Å². The molecule has 106 valence electrons. The van der Waals surface area contributed by atoms with E-state index in [0.29, 0.717) is 6.54 Å². The molecule has 0 aliphatic heterocycles. The predicted molar refractivity (Wildman–Crippen MR) is 68.8 cm³/mol. The number of carbonyl (C=O) groups is 1. The van der Waals surface area contributed by atoms with Gasteiger partial charge >= 0.3 is 5.97 Å². The number of hydrogen-bond acceptors (Lipinski definition) is 5. The van der Waals surface area contributed by atoms with Gasteiger partial charge in [0.25, 0.3) is 0 Å². The quantitative estimate of drug-likeness (QED) is 0.676. The number of benzene rings is 1. The fourth-order valence-electron chi connectivity index (χ4n) is 1.34. The standard InChI is InChI=1S/C11H16N2O5S/c1-13(2)6-5-12-19(17,18)8-3-4-10(14)9(7-8)11(15)16/h3-4,7,12,14H,5-6H2,1-2H3,(H,15,16). The van der Waals surface area contributed by atoms with Crippen molar-refractivity contribution in [1.29, 1.82) is 0 Å². The molecule has 0 bridgehead atoms. The lowest BCUT2D eigenvalue weighted by Gasteiger charge is -2.11. The predicted octanol–water partition coefficient (Wildman–Crippen LogP) is -0.0697. The van der Waals surface area contributed by atoms with Gasteiger partial charge in [-0.15, -0.1) is 0 Å². The van der Waals surface area contributed by atoms with Gasteiger partial charge in [-0.1, -0.05) is 0 Å². The molecule has 8 heteroatoms. The number of carboxylic acids is 1. The summed E-state index contributed by atoms with van der Waals surface area (Å²) in [6, 6.07) is 3.12. The van der Waals surface area contributed by atoms with E-state index in [9.17, 15) is 18.3 Å². The summed E-state index contributed by atoms with van der Waals surface area (Å²) >= 11 is 0. The Bertz CT molecular complexity index is 568. The second kappa shape index (κ2) is 6.00. The van der Waals surface area contributed by atoms with Gasteiger partial charge in [0.2, 0.25) is 10.0 Å². The Balaban J connectivity index is 2.96. The number of sulfonamides is 1. The molecule has 0 fully saturated rings. The molecule has 0 aliphatic rings. The summed E-state index contributed by atoms with van der Waals surface area (Å²) in [4.78, 5) is 12.4. The fourth-order valence-corrected chi connectivity index (χ4v) is 2.39. The number of hydrogen-bond donors (Lipinski definition) is 3. The van der Waals surface area contributed by atoms with Crippen LogP contribution >= 0.6 is 0 Å². The molecule has 0 heterocycles. The summed E-state index contributed by atoms with van der Waals surface area (Å²) in [5.41, 5.74) is -0.449. The number of nitrogens with zero attached hydrogens (tertiary/aromatic N) is 1. The highest BCUT2D eigenvalue weighted by Gasteiger charge is 2.18. The molecule has 0 saturated heterocycles. The largest absolute Gasteiger partial charge is 0.507 e. The summed E-state index contributed by atoms with van der Waals surface area (Å²) in [5.74, 6) is -1.86. The molecule has 1 aromatic rings. The zero-order chi connectivity index (χ0) is 14.6. The SMILES string of the molecule is CN(C)CCNS(=O)(=O)c1ccc(O)c(C(=O)O)c1. The number of nitrogens with one attached hydrogen (secondary N) is 1. The summed E-state index contributed by atoms with van der Waals surface area (Å²) in [6.45, 7) is 0.724. The Labute approximate surface area is 111 Å². The van der Waals surface area contributed by atoms with Crippen LogP contribution in [0.3, 0.4) is 0 Å². The van der Waals surface area contributed by atoms with Crippen molar-refractivity contribution in [3.05, 3.63) is 23.8 Å². The topological polar surface area (TPSA) is 107 Å². The molecule has 3 N–H and O–H groups in total. The molecule has 0 saturated carbocycles. The van der Waals surface area contributed by atoms with E-state index < -0.39 is 27.3 Å². The lowest BCUT2D eigenvalue weighted by molar-refractivity contribution is 0.0693. The fraction of sp³-hybridized carbons (Fsp3) is 0.364. The maximum Gasteiger partial charge on any atom is 0.339 e. The molecule has 0 unspecified atom stereocenters. The van der Waals surface area contributed by atoms with Crippen LogP contribution in [0.15, 0.2) is 23.1 Å². The van der Waals surface area contributed by atoms with Gasteiger partial charge in [-0.3, -0.25) is 0 Å². The van der Waals surface area contributed by atoms with E-state index in [1.54, 1.807) is 14.1 Å². The lowest BCUT2D eigenvalue weighted by Crippen LogP contribution is -2.31. The minimum Gasteiger partial charge on any atom is -0.507 e. The van der Waals surface area contributed by atoms with E-state index in [1.807, 2.05) is 4.90 Å². The molecule has 0 spiro atoms. The highest BCUT2D eigenvalue weighted by molar-refractivity contribution is 7.89. The van der Waals surface area contributed by atoms with Gasteiger partial charge in [0.1, 0.15) is 11.3 Å². The highest BCUT2D eigenvalue weighted by Crippen LogP contribution is 2.21. The summed E-state index contributed by atoms with van der Waals surface area (Å²) in [6.07, 6.45) is 0. The maximum atomic E-state index is 11.9. The zero-order valence-corrected chi connectivity index (χ0v) is 11.4. The number of aromatic hydroxyl groups is 1. The van der Waals surface area contributed by atoms with E-state index in [2.05, 4.69) is 4.72 Å². The van der Waals surface area contributed by atoms with Gasteiger partial charge in [-0.25, -0.2) is 17.9 Å². The normalized spacial score (nSPS) is 11.7. The number of aromatic carboxylic acids is 1. The first kappa shape index (κ1) is 15.4. The number of likely N-dealkylation sites (N-methyl/N-ethyl adjacent to an activating group) is 1. The van der Waals surface area contributed by atoms with Crippen LogP contribution in [0.4, 0.5) is 0 Å². The van der Waals surface area contributed by atoms with Crippen molar-refractivity contribution in [2.24, 2.45) is 0 Å². The second-order valence-corrected chi connectivity index (χ2v) is 5.95. The minimum atomic E-state index is -3.78. The Morgan fingerprint density at radius 1 is 1.37 bits per heavy atom. The first-order chi connectivity index (χ1) is 8.74. The van der Waals surface area contributed by atoms with Gasteiger partial charge in [-0.05, 0) is 32.3 Å². The van der Waals surface area contributed by atoms with E-state index in [1.165, 1.54) is 0 Å². The Kier molecular flexibility index (Phi) is 4.87. The van der Waals surface area contributed by atoms with Crippen LogP contribution in [0.25, 0.3) is 0 Å². The van der Waals surface area contributed by atoms with Gasteiger partial charge in [0, 0.05) is 13.1 Å². The van der Waals surface area contributed by atoms with Gasteiger partial charge in [0.15, 0.2) is 0 Å². The van der Waals surface area contributed by atoms with Crippen LogP contribution in [0, 0.1) is 0 Å². The van der Waals surface area contributed by atoms with Crippen molar-refractivity contribution in [3.63, 3.8) is 0 Å². The van der Waals surface area contributed by atoms with Crippen LogP contribution in [0.5, 0.6) is 5.75 Å². The minimum absolute atomic E-state index is 0.193. The molecule has 1 rings (SSSR count). The number of carboxylic acid groups (broad SMARTS) is 1. The smallest absolute Gasteiger partial charge is 0.339 e. The Hall–Kier alpha value is -1.64. The highest BCUT2D eigenvalue weighted by atomic mass is 32.2. The van der Waals surface area contributed by atoms with Crippen molar-refractivity contribution in [1.82, 2.24) is 9.62 Å². The summed E-state index contributed by atoms with van der Waals surface area (Å²) in [7, 11) is -0.174. The molecule has 0 atom stereocenters. The van der Waals surface area contributed by atoms with Crippen LogP contribution < -0.4 is 4.72 Å². The second-order valence-electron chi connectivity index (χ2n) is 4.19. The van der Waals surface area contributed by atoms with Crippen molar-refractivity contribution < 1.29 is 23.4 Å². The average Bonchev–Trinajstić information content (AvgIpc) is 2.27. The Morgan fingerprint density at radius 3 is 2.53 bits per heavy atom. The van der Waals surface area contributed by atoms with Crippen LogP contribution in [0.1, 0.15) is 10.4 Å². The number of rotatable bonds is 6. The molecular formula is C11H16N2O5S. The van der Waals surface area contributed by atoms with Crippen molar-refractivity contribution >= 4 is 16.0 Å². The molecule has 19 heavy (non-hydrogen) atoms. The van der Waals surface area contributed by atoms with Crippen molar-refractivity contribution in [2.75, 3.05) is 27.2 Å².